The Labute approximate surface area is 104 Å². The fourth-order valence-corrected chi connectivity index (χ4v) is 2.35. The number of amides is 1. The number of phenolic OH excluding ortho intramolecular Hbond substituents is 1. The number of carbonyl (C=O) groups excluding carboxylic acids is 1. The zero-order valence-electron chi connectivity index (χ0n) is 9.92. The molecule has 2 aromatic rings. The Morgan fingerprint density at radius 2 is 2.11 bits per heavy atom. The Morgan fingerprint density at radius 3 is 2.83 bits per heavy atom. The maximum atomic E-state index is 11.7. The second-order valence-corrected chi connectivity index (χ2v) is 4.47. The highest BCUT2D eigenvalue weighted by atomic mass is 16.3. The summed E-state index contributed by atoms with van der Waals surface area (Å²) >= 11 is 0. The lowest BCUT2D eigenvalue weighted by Crippen LogP contribution is -2.24. The molecule has 1 unspecified atom stereocenters. The predicted molar refractivity (Wildman–Crippen MR) is 66.4 cm³/mol. The molecule has 5 nitrogen and oxygen atoms in total. The quantitative estimate of drug-likeness (QED) is 0.799. The molecule has 5 heteroatoms. The molecule has 1 atom stereocenters. The molecule has 0 saturated carbocycles. The van der Waals surface area contributed by atoms with Crippen LogP contribution in [0.5, 0.6) is 5.75 Å². The summed E-state index contributed by atoms with van der Waals surface area (Å²) in [7, 11) is 1.80. The number of aryl methyl sites for hydroxylation is 1. The van der Waals surface area contributed by atoms with Crippen LogP contribution in [0.3, 0.4) is 0 Å². The summed E-state index contributed by atoms with van der Waals surface area (Å²) in [6.07, 6.45) is 2.19. The van der Waals surface area contributed by atoms with Gasteiger partial charge in [-0.3, -0.25) is 9.48 Å². The van der Waals surface area contributed by atoms with Crippen molar-refractivity contribution in [1.82, 2.24) is 9.78 Å². The molecule has 3 rings (SSSR count). The minimum atomic E-state index is -0.0100. The van der Waals surface area contributed by atoms with Gasteiger partial charge in [-0.2, -0.15) is 5.10 Å². The van der Waals surface area contributed by atoms with Crippen LogP contribution < -0.4 is 5.32 Å². The van der Waals surface area contributed by atoms with E-state index in [1.807, 2.05) is 12.1 Å². The van der Waals surface area contributed by atoms with Crippen LogP contribution in [0.2, 0.25) is 0 Å². The van der Waals surface area contributed by atoms with Gasteiger partial charge in [-0.05, 0) is 17.7 Å². The van der Waals surface area contributed by atoms with Crippen LogP contribution in [0.1, 0.15) is 23.5 Å². The first kappa shape index (κ1) is 10.8. The van der Waals surface area contributed by atoms with Crippen LogP contribution in [-0.2, 0) is 11.8 Å². The molecular weight excluding hydrogens is 230 g/mol. The van der Waals surface area contributed by atoms with E-state index >= 15 is 0 Å². The van der Waals surface area contributed by atoms with E-state index in [4.69, 9.17) is 0 Å². The van der Waals surface area contributed by atoms with Crippen LogP contribution in [0.4, 0.5) is 5.82 Å². The van der Waals surface area contributed by atoms with E-state index in [2.05, 4.69) is 10.4 Å². The van der Waals surface area contributed by atoms with Crippen LogP contribution in [0, 0.1) is 0 Å². The number of aromatic hydroxyl groups is 1. The highest BCUT2D eigenvalue weighted by molar-refractivity contribution is 5.94. The third-order valence-corrected chi connectivity index (χ3v) is 3.29. The van der Waals surface area contributed by atoms with Gasteiger partial charge in [0.1, 0.15) is 11.6 Å². The number of hydrogen-bond donors (Lipinski definition) is 2. The van der Waals surface area contributed by atoms with Gasteiger partial charge in [0.25, 0.3) is 0 Å². The third kappa shape index (κ3) is 1.64. The summed E-state index contributed by atoms with van der Waals surface area (Å²) in [5.74, 6) is 0.974. The summed E-state index contributed by atoms with van der Waals surface area (Å²) in [5.41, 5.74) is 2.03. The molecule has 92 valence electrons. The van der Waals surface area contributed by atoms with Gasteiger partial charge >= 0.3 is 0 Å². The van der Waals surface area contributed by atoms with Crippen LogP contribution in [0.25, 0.3) is 0 Å². The standard InChI is InChI=1S/C13H13N3O2/c1-16-13-11(7-14-16)10(6-12(18)15-13)8-2-4-9(17)5-3-8/h2-5,7,10,17H,6H2,1H3,(H,15,18). The van der Waals surface area contributed by atoms with Crippen molar-refractivity contribution in [2.75, 3.05) is 5.32 Å². The van der Waals surface area contributed by atoms with Crippen molar-refractivity contribution in [2.45, 2.75) is 12.3 Å². The molecule has 0 radical (unpaired) electrons. The Morgan fingerprint density at radius 1 is 1.39 bits per heavy atom. The second-order valence-electron chi connectivity index (χ2n) is 4.47. The first-order chi connectivity index (χ1) is 8.65. The normalized spacial score (nSPS) is 18.3. The Hall–Kier alpha value is -2.30. The van der Waals surface area contributed by atoms with Gasteiger partial charge in [0.05, 0.1) is 6.20 Å². The zero-order valence-corrected chi connectivity index (χ0v) is 9.92. The van der Waals surface area contributed by atoms with Crippen LogP contribution in [0.15, 0.2) is 30.5 Å². The molecule has 18 heavy (non-hydrogen) atoms. The summed E-state index contributed by atoms with van der Waals surface area (Å²) in [5, 5.41) is 16.3. The van der Waals surface area contributed by atoms with E-state index in [0.717, 1.165) is 16.9 Å². The number of nitrogens with one attached hydrogen (secondary N) is 1. The van der Waals surface area contributed by atoms with Crippen LogP contribution in [-0.4, -0.2) is 20.8 Å². The minimum Gasteiger partial charge on any atom is -0.508 e. The predicted octanol–water partition coefficient (Wildman–Crippen LogP) is 1.60. The number of aromatic nitrogens is 2. The van der Waals surface area contributed by atoms with E-state index < -0.39 is 0 Å². The minimum absolute atomic E-state index is 0.00282. The molecule has 0 saturated heterocycles. The number of rotatable bonds is 1. The highest BCUT2D eigenvalue weighted by Crippen LogP contribution is 2.36. The molecule has 0 fully saturated rings. The van der Waals surface area contributed by atoms with Crippen molar-refractivity contribution < 1.29 is 9.90 Å². The molecular formula is C13H13N3O2. The molecule has 1 aliphatic rings. The average Bonchev–Trinajstić information content (AvgIpc) is 2.71. The number of carbonyl (C=O) groups is 1. The molecule has 0 bridgehead atoms. The molecule has 2 heterocycles. The Kier molecular flexibility index (Phi) is 2.33. The molecule has 1 aromatic carbocycles. The van der Waals surface area contributed by atoms with Crippen molar-refractivity contribution in [3.8, 4) is 5.75 Å². The topological polar surface area (TPSA) is 67.2 Å². The number of anilines is 1. The average molecular weight is 243 g/mol. The lowest BCUT2D eigenvalue weighted by atomic mass is 9.87. The smallest absolute Gasteiger partial charge is 0.226 e. The van der Waals surface area contributed by atoms with Gasteiger partial charge in [-0.1, -0.05) is 12.1 Å². The van der Waals surface area contributed by atoms with Gasteiger partial charge < -0.3 is 10.4 Å². The first-order valence-corrected chi connectivity index (χ1v) is 5.76. The third-order valence-electron chi connectivity index (χ3n) is 3.29. The summed E-state index contributed by atoms with van der Waals surface area (Å²) in [4.78, 5) is 11.7. The molecule has 2 N–H and O–H groups in total. The first-order valence-electron chi connectivity index (χ1n) is 5.76. The fourth-order valence-electron chi connectivity index (χ4n) is 2.35. The number of phenols is 1. The monoisotopic (exact) mass is 243 g/mol. The van der Waals surface area contributed by atoms with Gasteiger partial charge in [-0.25, -0.2) is 0 Å². The lowest BCUT2D eigenvalue weighted by molar-refractivity contribution is -0.116. The van der Waals surface area contributed by atoms with Crippen molar-refractivity contribution in [3.05, 3.63) is 41.6 Å². The molecule has 1 aromatic heterocycles. The van der Waals surface area contributed by atoms with E-state index in [9.17, 15) is 9.90 Å². The van der Waals surface area contributed by atoms with Crippen molar-refractivity contribution >= 4 is 11.7 Å². The fraction of sp³-hybridized carbons (Fsp3) is 0.231. The molecule has 1 amide bonds. The van der Waals surface area contributed by atoms with Gasteiger partial charge in [-0.15, -0.1) is 0 Å². The highest BCUT2D eigenvalue weighted by Gasteiger charge is 2.29. The van der Waals surface area contributed by atoms with E-state index in [1.165, 1.54) is 0 Å². The number of hydrogen-bond acceptors (Lipinski definition) is 3. The van der Waals surface area contributed by atoms with Crippen molar-refractivity contribution in [1.29, 1.82) is 0 Å². The zero-order chi connectivity index (χ0) is 12.7. The number of fused-ring (bicyclic) bond motifs is 1. The SMILES string of the molecule is Cn1ncc2c1NC(=O)CC2c1ccc(O)cc1. The molecule has 0 spiro atoms. The van der Waals surface area contributed by atoms with Gasteiger partial charge in [0.15, 0.2) is 0 Å². The maximum absolute atomic E-state index is 11.7. The largest absolute Gasteiger partial charge is 0.508 e. The molecule has 0 aliphatic carbocycles. The second kappa shape index (κ2) is 3.87. The van der Waals surface area contributed by atoms with Crippen molar-refractivity contribution in [2.24, 2.45) is 7.05 Å². The Bertz CT molecular complexity index is 601. The lowest BCUT2D eigenvalue weighted by Gasteiger charge is -2.23. The van der Waals surface area contributed by atoms with E-state index in [1.54, 1.807) is 30.1 Å². The van der Waals surface area contributed by atoms with Gasteiger partial charge in [0, 0.05) is 24.9 Å². The Balaban J connectivity index is 2.07. The number of nitrogens with zero attached hydrogens (tertiary/aromatic N) is 2. The van der Waals surface area contributed by atoms with Crippen molar-refractivity contribution in [3.63, 3.8) is 0 Å². The number of benzene rings is 1. The summed E-state index contributed by atoms with van der Waals surface area (Å²) in [6.45, 7) is 0. The van der Waals surface area contributed by atoms with E-state index in [0.29, 0.717) is 6.42 Å². The van der Waals surface area contributed by atoms with Gasteiger partial charge in [0.2, 0.25) is 5.91 Å². The van der Waals surface area contributed by atoms with Crippen LogP contribution >= 0.6 is 0 Å². The summed E-state index contributed by atoms with van der Waals surface area (Å²) in [6, 6.07) is 6.96. The summed E-state index contributed by atoms with van der Waals surface area (Å²) < 4.78 is 1.67. The van der Waals surface area contributed by atoms with E-state index in [-0.39, 0.29) is 17.6 Å². The maximum Gasteiger partial charge on any atom is 0.226 e. The molecule has 1 aliphatic heterocycles.